The summed E-state index contributed by atoms with van der Waals surface area (Å²) in [5, 5.41) is 0. The Balaban J connectivity index is 3.22. The molecular formula is C18H22O4. The Kier molecular flexibility index (Phi) is 6.65. The van der Waals surface area contributed by atoms with Crippen LogP contribution in [0.3, 0.4) is 0 Å². The highest BCUT2D eigenvalue weighted by molar-refractivity contribution is 6.00. The van der Waals surface area contributed by atoms with E-state index in [0.717, 1.165) is 11.1 Å². The average Bonchev–Trinajstić information content (AvgIpc) is 2.49. The predicted octanol–water partition coefficient (Wildman–Crippen LogP) is 2.67. The number of rotatable bonds is 7. The Morgan fingerprint density at radius 1 is 1.09 bits per heavy atom. The second kappa shape index (κ2) is 8.23. The lowest BCUT2D eigenvalue weighted by Crippen LogP contribution is -2.43. The van der Waals surface area contributed by atoms with Gasteiger partial charge in [-0.2, -0.15) is 0 Å². The van der Waals surface area contributed by atoms with Crippen LogP contribution in [0.15, 0.2) is 24.3 Å². The quantitative estimate of drug-likeness (QED) is 0.441. The summed E-state index contributed by atoms with van der Waals surface area (Å²) in [6.07, 6.45) is 5.50. The zero-order chi connectivity index (χ0) is 16.6. The van der Waals surface area contributed by atoms with Crippen LogP contribution >= 0.6 is 0 Å². The molecule has 0 aliphatic carbocycles. The monoisotopic (exact) mass is 302 g/mol. The van der Waals surface area contributed by atoms with Crippen molar-refractivity contribution >= 4 is 11.9 Å². The summed E-state index contributed by atoms with van der Waals surface area (Å²) < 4.78 is 10.2. The van der Waals surface area contributed by atoms with Crippen molar-refractivity contribution in [3.8, 4) is 12.3 Å². The van der Waals surface area contributed by atoms with E-state index in [4.69, 9.17) is 15.9 Å². The first kappa shape index (κ1) is 17.8. The molecule has 0 bridgehead atoms. The lowest BCUT2D eigenvalue weighted by atomic mass is 9.78. The molecule has 0 N–H and O–H groups in total. The van der Waals surface area contributed by atoms with Gasteiger partial charge in [0.25, 0.3) is 0 Å². The molecule has 0 heterocycles. The van der Waals surface area contributed by atoms with Crippen molar-refractivity contribution in [2.75, 3.05) is 13.2 Å². The Hall–Kier alpha value is -2.28. The van der Waals surface area contributed by atoms with Crippen molar-refractivity contribution in [3.63, 3.8) is 0 Å². The molecule has 1 aromatic rings. The summed E-state index contributed by atoms with van der Waals surface area (Å²) in [5.41, 5.74) is 0.441. The molecule has 0 aliphatic rings. The van der Waals surface area contributed by atoms with Gasteiger partial charge in [0.15, 0.2) is 5.41 Å². The number of hydrogen-bond donors (Lipinski definition) is 0. The van der Waals surface area contributed by atoms with Crippen LogP contribution in [0.1, 0.15) is 31.4 Å². The topological polar surface area (TPSA) is 52.6 Å². The maximum atomic E-state index is 12.4. The van der Waals surface area contributed by atoms with Gasteiger partial charge < -0.3 is 9.47 Å². The number of benzene rings is 1. The number of esters is 2. The Morgan fingerprint density at radius 2 is 1.59 bits per heavy atom. The highest BCUT2D eigenvalue weighted by atomic mass is 16.6. The minimum absolute atomic E-state index is 0.0570. The predicted molar refractivity (Wildman–Crippen MR) is 84.0 cm³/mol. The smallest absolute Gasteiger partial charge is 0.324 e. The molecular weight excluding hydrogens is 280 g/mol. The summed E-state index contributed by atoms with van der Waals surface area (Å²) >= 11 is 0. The van der Waals surface area contributed by atoms with Gasteiger partial charge in [-0.05, 0) is 26.3 Å². The van der Waals surface area contributed by atoms with Gasteiger partial charge in [-0.25, -0.2) is 0 Å². The fraction of sp³-hybridized carbons (Fsp3) is 0.444. The van der Waals surface area contributed by atoms with Gasteiger partial charge >= 0.3 is 11.9 Å². The highest BCUT2D eigenvalue weighted by Gasteiger charge is 2.48. The second-order valence-electron chi connectivity index (χ2n) is 5.07. The number of aryl methyl sites for hydroxylation is 1. The van der Waals surface area contributed by atoms with Crippen LogP contribution < -0.4 is 0 Å². The molecule has 0 radical (unpaired) electrons. The van der Waals surface area contributed by atoms with Crippen molar-refractivity contribution in [1.29, 1.82) is 0 Å². The van der Waals surface area contributed by atoms with E-state index in [1.807, 2.05) is 31.2 Å². The molecule has 0 saturated carbocycles. The lowest BCUT2D eigenvalue weighted by Gasteiger charge is -2.27. The first-order chi connectivity index (χ1) is 10.5. The summed E-state index contributed by atoms with van der Waals surface area (Å²) in [6.45, 7) is 5.71. The molecule has 0 fully saturated rings. The van der Waals surface area contributed by atoms with E-state index in [0.29, 0.717) is 0 Å². The molecule has 1 aromatic carbocycles. The Morgan fingerprint density at radius 3 is 2.00 bits per heavy atom. The normalized spacial score (nSPS) is 10.6. The third-order valence-electron chi connectivity index (χ3n) is 3.36. The van der Waals surface area contributed by atoms with Crippen LogP contribution in [0, 0.1) is 24.7 Å². The third kappa shape index (κ3) is 4.11. The molecule has 0 amide bonds. The van der Waals surface area contributed by atoms with Gasteiger partial charge in [0, 0.05) is 12.8 Å². The number of ether oxygens (including phenoxy) is 2. The van der Waals surface area contributed by atoms with Crippen molar-refractivity contribution < 1.29 is 19.1 Å². The number of terminal acetylenes is 1. The summed E-state index contributed by atoms with van der Waals surface area (Å²) in [5.74, 6) is 1.15. The zero-order valence-electron chi connectivity index (χ0n) is 13.3. The van der Waals surface area contributed by atoms with Gasteiger partial charge in [-0.1, -0.05) is 29.8 Å². The van der Waals surface area contributed by atoms with Crippen LogP contribution in [0.5, 0.6) is 0 Å². The van der Waals surface area contributed by atoms with Crippen LogP contribution in [0.4, 0.5) is 0 Å². The van der Waals surface area contributed by atoms with Gasteiger partial charge in [-0.3, -0.25) is 9.59 Å². The molecule has 0 aromatic heterocycles. The average molecular weight is 302 g/mol. The van der Waals surface area contributed by atoms with Crippen LogP contribution in [0.2, 0.25) is 0 Å². The summed E-state index contributed by atoms with van der Waals surface area (Å²) in [7, 11) is 0. The molecule has 4 heteroatoms. The number of carbonyl (C=O) groups is 2. The number of carbonyl (C=O) groups excluding carboxylic acids is 2. The molecule has 1 rings (SSSR count). The van der Waals surface area contributed by atoms with Gasteiger partial charge in [-0.15, -0.1) is 12.3 Å². The molecule has 0 unspecified atom stereocenters. The highest BCUT2D eigenvalue weighted by Crippen LogP contribution is 2.31. The van der Waals surface area contributed by atoms with Gasteiger partial charge in [0.2, 0.25) is 0 Å². The van der Waals surface area contributed by atoms with E-state index in [1.54, 1.807) is 13.8 Å². The maximum Gasteiger partial charge on any atom is 0.324 e. The summed E-state index contributed by atoms with van der Waals surface area (Å²) in [6, 6.07) is 7.59. The second-order valence-corrected chi connectivity index (χ2v) is 5.07. The summed E-state index contributed by atoms with van der Waals surface area (Å²) in [4.78, 5) is 24.8. The molecule has 4 nitrogen and oxygen atoms in total. The molecule has 0 atom stereocenters. The van der Waals surface area contributed by atoms with Gasteiger partial charge in [0.05, 0.1) is 13.2 Å². The molecule has 0 saturated heterocycles. The molecule has 0 spiro atoms. The van der Waals surface area contributed by atoms with E-state index < -0.39 is 17.4 Å². The van der Waals surface area contributed by atoms with E-state index in [9.17, 15) is 9.59 Å². The first-order valence-electron chi connectivity index (χ1n) is 7.33. The molecule has 22 heavy (non-hydrogen) atoms. The van der Waals surface area contributed by atoms with E-state index in [1.165, 1.54) is 0 Å². The van der Waals surface area contributed by atoms with Crippen molar-refractivity contribution in [1.82, 2.24) is 0 Å². The zero-order valence-corrected chi connectivity index (χ0v) is 13.3. The SMILES string of the molecule is C#CCC(Cc1ccc(C)cc1)(C(=O)OCC)C(=O)OCC. The van der Waals surface area contributed by atoms with E-state index in [-0.39, 0.29) is 26.1 Å². The largest absolute Gasteiger partial charge is 0.465 e. The minimum Gasteiger partial charge on any atom is -0.465 e. The lowest BCUT2D eigenvalue weighted by molar-refractivity contribution is -0.171. The van der Waals surface area contributed by atoms with E-state index >= 15 is 0 Å². The Bertz CT molecular complexity index is 533. The van der Waals surface area contributed by atoms with Crippen LogP contribution in [-0.4, -0.2) is 25.2 Å². The first-order valence-corrected chi connectivity index (χ1v) is 7.33. The van der Waals surface area contributed by atoms with Crippen LogP contribution in [-0.2, 0) is 25.5 Å². The van der Waals surface area contributed by atoms with Gasteiger partial charge in [0.1, 0.15) is 0 Å². The van der Waals surface area contributed by atoms with Crippen molar-refractivity contribution in [3.05, 3.63) is 35.4 Å². The Labute approximate surface area is 131 Å². The minimum atomic E-state index is -1.49. The molecule has 118 valence electrons. The third-order valence-corrected chi connectivity index (χ3v) is 3.36. The van der Waals surface area contributed by atoms with Crippen molar-refractivity contribution in [2.24, 2.45) is 5.41 Å². The number of hydrogen-bond acceptors (Lipinski definition) is 4. The maximum absolute atomic E-state index is 12.4. The van der Waals surface area contributed by atoms with Crippen LogP contribution in [0.25, 0.3) is 0 Å². The standard InChI is InChI=1S/C18H22O4/c1-5-12-18(16(19)21-6-2,17(20)22-7-3)13-15-10-8-14(4)9-11-15/h1,8-11H,6-7,12-13H2,2-4H3. The van der Waals surface area contributed by atoms with E-state index in [2.05, 4.69) is 5.92 Å². The fourth-order valence-corrected chi connectivity index (χ4v) is 2.20. The molecule has 0 aliphatic heterocycles. The van der Waals surface area contributed by atoms with Crippen molar-refractivity contribution in [2.45, 2.75) is 33.6 Å². The fourth-order valence-electron chi connectivity index (χ4n) is 2.20.